The molecule has 17 heavy (non-hydrogen) atoms. The van der Waals surface area contributed by atoms with Crippen LogP contribution in [0.1, 0.15) is 49.7 Å². The minimum Gasteiger partial charge on any atom is -0.372 e. The molecule has 1 aliphatic rings. The van der Waals surface area contributed by atoms with Crippen molar-refractivity contribution < 1.29 is 4.74 Å². The van der Waals surface area contributed by atoms with Crippen molar-refractivity contribution in [1.29, 1.82) is 0 Å². The number of rotatable bonds is 5. The van der Waals surface area contributed by atoms with Gasteiger partial charge in [0.1, 0.15) is 0 Å². The molecule has 3 nitrogen and oxygen atoms in total. The summed E-state index contributed by atoms with van der Waals surface area (Å²) in [5.41, 5.74) is 6.81. The van der Waals surface area contributed by atoms with Crippen molar-refractivity contribution in [2.75, 3.05) is 6.54 Å². The molecule has 2 N–H and O–H groups in total. The molecule has 0 saturated heterocycles. The Kier molecular flexibility index (Phi) is 4.54. The molecule has 0 aliphatic heterocycles. The normalized spacial score (nSPS) is 24.7. The monoisotopic (exact) mass is 254 g/mol. The molecule has 1 fully saturated rings. The number of thiazole rings is 1. The number of hydrogen-bond acceptors (Lipinski definition) is 4. The van der Waals surface area contributed by atoms with Crippen LogP contribution in [0.5, 0.6) is 0 Å². The molecule has 1 aromatic heterocycles. The summed E-state index contributed by atoms with van der Waals surface area (Å²) in [5, 5.41) is 3.31. The van der Waals surface area contributed by atoms with E-state index in [2.05, 4.69) is 24.2 Å². The van der Waals surface area contributed by atoms with Crippen LogP contribution < -0.4 is 5.73 Å². The van der Waals surface area contributed by atoms with Gasteiger partial charge in [-0.25, -0.2) is 4.98 Å². The minimum atomic E-state index is 0.351. The second-order valence-corrected chi connectivity index (χ2v) is 6.00. The SMILES string of the molecule is CC(C)c1nc(COC2CCCC2CN)cs1. The Morgan fingerprint density at radius 3 is 3.00 bits per heavy atom. The molecule has 0 spiro atoms. The van der Waals surface area contributed by atoms with Crippen LogP contribution in [0.15, 0.2) is 5.38 Å². The lowest BCUT2D eigenvalue weighted by Gasteiger charge is -2.17. The number of ether oxygens (including phenoxy) is 1. The maximum atomic E-state index is 5.95. The Bertz CT molecular complexity index is 351. The molecule has 96 valence electrons. The number of nitrogens with two attached hydrogens (primary N) is 1. The first-order chi connectivity index (χ1) is 8.20. The highest BCUT2D eigenvalue weighted by Gasteiger charge is 2.26. The summed E-state index contributed by atoms with van der Waals surface area (Å²) in [7, 11) is 0. The topological polar surface area (TPSA) is 48.1 Å². The lowest BCUT2D eigenvalue weighted by molar-refractivity contribution is 0.0168. The van der Waals surface area contributed by atoms with Crippen molar-refractivity contribution in [3.8, 4) is 0 Å². The third-order valence-electron chi connectivity index (χ3n) is 3.40. The zero-order valence-corrected chi connectivity index (χ0v) is 11.5. The molecule has 1 aromatic rings. The number of nitrogens with zero attached hydrogens (tertiary/aromatic N) is 1. The van der Waals surface area contributed by atoms with Crippen LogP contribution in [-0.2, 0) is 11.3 Å². The van der Waals surface area contributed by atoms with E-state index in [9.17, 15) is 0 Å². The standard InChI is InChI=1S/C13H22N2OS/c1-9(2)13-15-11(8-17-13)7-16-12-5-3-4-10(12)6-14/h8-10,12H,3-7,14H2,1-2H3. The smallest absolute Gasteiger partial charge is 0.0954 e. The van der Waals surface area contributed by atoms with Crippen LogP contribution in [0.25, 0.3) is 0 Å². The maximum Gasteiger partial charge on any atom is 0.0954 e. The van der Waals surface area contributed by atoms with E-state index < -0.39 is 0 Å². The summed E-state index contributed by atoms with van der Waals surface area (Å²) < 4.78 is 5.95. The Morgan fingerprint density at radius 1 is 1.53 bits per heavy atom. The molecule has 0 radical (unpaired) electrons. The van der Waals surface area contributed by atoms with Crippen molar-refractivity contribution in [1.82, 2.24) is 4.98 Å². The van der Waals surface area contributed by atoms with Crippen LogP contribution in [-0.4, -0.2) is 17.6 Å². The van der Waals surface area contributed by atoms with Gasteiger partial charge in [-0.15, -0.1) is 11.3 Å². The van der Waals surface area contributed by atoms with E-state index in [1.54, 1.807) is 11.3 Å². The first kappa shape index (κ1) is 13.0. The van der Waals surface area contributed by atoms with Gasteiger partial charge in [0.2, 0.25) is 0 Å². The minimum absolute atomic E-state index is 0.351. The lowest BCUT2D eigenvalue weighted by atomic mass is 10.1. The van der Waals surface area contributed by atoms with E-state index in [0.29, 0.717) is 24.5 Å². The molecule has 1 saturated carbocycles. The Balaban J connectivity index is 1.84. The van der Waals surface area contributed by atoms with Gasteiger partial charge in [-0.1, -0.05) is 20.3 Å². The third-order valence-corrected chi connectivity index (χ3v) is 4.59. The highest BCUT2D eigenvalue weighted by atomic mass is 32.1. The Hall–Kier alpha value is -0.450. The molecule has 0 amide bonds. The highest BCUT2D eigenvalue weighted by Crippen LogP contribution is 2.28. The van der Waals surface area contributed by atoms with E-state index in [1.807, 2.05) is 0 Å². The van der Waals surface area contributed by atoms with Gasteiger partial charge in [0.25, 0.3) is 0 Å². The van der Waals surface area contributed by atoms with Crippen molar-refractivity contribution in [2.45, 2.75) is 51.7 Å². The van der Waals surface area contributed by atoms with E-state index in [1.165, 1.54) is 17.8 Å². The second-order valence-electron chi connectivity index (χ2n) is 5.11. The molecular weight excluding hydrogens is 232 g/mol. The fourth-order valence-electron chi connectivity index (χ4n) is 2.34. The van der Waals surface area contributed by atoms with Crippen LogP contribution in [0.4, 0.5) is 0 Å². The van der Waals surface area contributed by atoms with Crippen molar-refractivity contribution >= 4 is 11.3 Å². The number of aromatic nitrogens is 1. The van der Waals surface area contributed by atoms with Crippen LogP contribution in [0.2, 0.25) is 0 Å². The van der Waals surface area contributed by atoms with Crippen molar-refractivity contribution in [3.05, 3.63) is 16.1 Å². The number of hydrogen-bond donors (Lipinski definition) is 1. The summed E-state index contributed by atoms with van der Waals surface area (Å²) in [4.78, 5) is 4.58. The van der Waals surface area contributed by atoms with E-state index in [4.69, 9.17) is 10.5 Å². The molecule has 1 heterocycles. The summed E-state index contributed by atoms with van der Waals surface area (Å²) >= 11 is 1.73. The predicted molar refractivity (Wildman–Crippen MR) is 71.2 cm³/mol. The van der Waals surface area contributed by atoms with E-state index in [0.717, 1.165) is 18.7 Å². The molecule has 0 bridgehead atoms. The van der Waals surface area contributed by atoms with Crippen LogP contribution in [0.3, 0.4) is 0 Å². The van der Waals surface area contributed by atoms with Crippen molar-refractivity contribution in [3.63, 3.8) is 0 Å². The molecule has 1 aliphatic carbocycles. The van der Waals surface area contributed by atoms with Gasteiger partial charge in [0.05, 0.1) is 23.4 Å². The van der Waals surface area contributed by atoms with Crippen LogP contribution in [0, 0.1) is 5.92 Å². The van der Waals surface area contributed by atoms with E-state index in [-0.39, 0.29) is 0 Å². The maximum absolute atomic E-state index is 5.95. The van der Waals surface area contributed by atoms with Gasteiger partial charge >= 0.3 is 0 Å². The molecule has 2 unspecified atom stereocenters. The molecule has 0 aromatic carbocycles. The Morgan fingerprint density at radius 2 is 2.35 bits per heavy atom. The van der Waals surface area contributed by atoms with Crippen LogP contribution >= 0.6 is 11.3 Å². The molecule has 4 heteroatoms. The fourth-order valence-corrected chi connectivity index (χ4v) is 3.16. The molecule has 2 rings (SSSR count). The predicted octanol–water partition coefficient (Wildman–Crippen LogP) is 2.91. The molecule has 2 atom stereocenters. The van der Waals surface area contributed by atoms with Crippen molar-refractivity contribution in [2.24, 2.45) is 11.7 Å². The quantitative estimate of drug-likeness (QED) is 0.879. The summed E-state index contributed by atoms with van der Waals surface area (Å²) in [5.74, 6) is 1.07. The van der Waals surface area contributed by atoms with Gasteiger partial charge in [0.15, 0.2) is 0 Å². The summed E-state index contributed by atoms with van der Waals surface area (Å²) in [6, 6.07) is 0. The summed E-state index contributed by atoms with van der Waals surface area (Å²) in [6.07, 6.45) is 3.98. The fraction of sp³-hybridized carbons (Fsp3) is 0.769. The average Bonchev–Trinajstić information content (AvgIpc) is 2.95. The lowest BCUT2D eigenvalue weighted by Crippen LogP contribution is -2.25. The third kappa shape index (κ3) is 3.27. The first-order valence-electron chi connectivity index (χ1n) is 6.46. The van der Waals surface area contributed by atoms with Gasteiger partial charge in [0, 0.05) is 11.3 Å². The molecular formula is C13H22N2OS. The zero-order chi connectivity index (χ0) is 12.3. The zero-order valence-electron chi connectivity index (χ0n) is 10.7. The van der Waals surface area contributed by atoms with Gasteiger partial charge in [-0.3, -0.25) is 0 Å². The first-order valence-corrected chi connectivity index (χ1v) is 7.34. The highest BCUT2D eigenvalue weighted by molar-refractivity contribution is 7.09. The summed E-state index contributed by atoms with van der Waals surface area (Å²) in [6.45, 7) is 5.74. The second kappa shape index (κ2) is 5.94. The largest absolute Gasteiger partial charge is 0.372 e. The Labute approximate surface area is 107 Å². The van der Waals surface area contributed by atoms with E-state index >= 15 is 0 Å². The van der Waals surface area contributed by atoms with Gasteiger partial charge < -0.3 is 10.5 Å². The average molecular weight is 254 g/mol. The van der Waals surface area contributed by atoms with Gasteiger partial charge in [-0.2, -0.15) is 0 Å². The van der Waals surface area contributed by atoms with Gasteiger partial charge in [-0.05, 0) is 25.3 Å².